The van der Waals surface area contributed by atoms with Crippen LogP contribution < -0.4 is 5.32 Å². The van der Waals surface area contributed by atoms with E-state index in [0.29, 0.717) is 6.54 Å². The standard InChI is InChI=1S/C25H33N3O/c29-24(26-21-25(13-7-14-25)23-10-5-2-6-11-23)20-28-18-16-27(17-19-28)15-12-22-8-3-1-4-9-22/h1-6,8-11H,7,12-21H2,(H,26,29). The average Bonchev–Trinajstić information content (AvgIpc) is 2.74. The van der Waals surface area contributed by atoms with Gasteiger partial charge in [-0.2, -0.15) is 0 Å². The van der Waals surface area contributed by atoms with Crippen LogP contribution in [0.3, 0.4) is 0 Å². The molecule has 0 unspecified atom stereocenters. The van der Waals surface area contributed by atoms with Crippen molar-refractivity contribution in [2.75, 3.05) is 45.8 Å². The molecule has 1 aliphatic heterocycles. The van der Waals surface area contributed by atoms with Crippen molar-refractivity contribution in [3.05, 3.63) is 71.8 Å². The van der Waals surface area contributed by atoms with Crippen LogP contribution >= 0.6 is 0 Å². The predicted molar refractivity (Wildman–Crippen MR) is 118 cm³/mol. The minimum atomic E-state index is 0.160. The molecule has 0 bridgehead atoms. The third-order valence-corrected chi connectivity index (χ3v) is 6.71. The molecule has 1 heterocycles. The van der Waals surface area contributed by atoms with E-state index in [4.69, 9.17) is 0 Å². The van der Waals surface area contributed by atoms with Crippen molar-refractivity contribution in [2.45, 2.75) is 31.1 Å². The monoisotopic (exact) mass is 391 g/mol. The lowest BCUT2D eigenvalue weighted by atomic mass is 9.64. The Kier molecular flexibility index (Phi) is 6.63. The summed E-state index contributed by atoms with van der Waals surface area (Å²) in [7, 11) is 0. The quantitative estimate of drug-likeness (QED) is 0.751. The Morgan fingerprint density at radius 3 is 2.10 bits per heavy atom. The number of benzene rings is 2. The number of hydrogen-bond acceptors (Lipinski definition) is 3. The molecule has 0 spiro atoms. The lowest BCUT2D eigenvalue weighted by molar-refractivity contribution is -0.123. The summed E-state index contributed by atoms with van der Waals surface area (Å²) in [6.07, 6.45) is 4.72. The first-order valence-electron chi connectivity index (χ1n) is 11.0. The first-order chi connectivity index (χ1) is 14.2. The van der Waals surface area contributed by atoms with Gasteiger partial charge in [-0.3, -0.25) is 9.69 Å². The molecule has 2 aromatic carbocycles. The Balaban J connectivity index is 1.17. The van der Waals surface area contributed by atoms with Gasteiger partial charge in [0.2, 0.25) is 5.91 Å². The highest BCUT2D eigenvalue weighted by atomic mass is 16.2. The fourth-order valence-corrected chi connectivity index (χ4v) is 4.59. The zero-order valence-electron chi connectivity index (χ0n) is 17.4. The third kappa shape index (κ3) is 5.26. The summed E-state index contributed by atoms with van der Waals surface area (Å²) in [5, 5.41) is 3.23. The van der Waals surface area contributed by atoms with Crippen molar-refractivity contribution in [1.29, 1.82) is 0 Å². The van der Waals surface area contributed by atoms with Crippen LogP contribution in [0, 0.1) is 0 Å². The fraction of sp³-hybridized carbons (Fsp3) is 0.480. The molecule has 4 rings (SSSR count). The number of nitrogens with one attached hydrogen (secondary N) is 1. The van der Waals surface area contributed by atoms with Gasteiger partial charge in [0.05, 0.1) is 6.54 Å². The summed E-state index contributed by atoms with van der Waals surface area (Å²) in [6, 6.07) is 21.4. The average molecular weight is 392 g/mol. The molecular formula is C25H33N3O. The van der Waals surface area contributed by atoms with Crippen LogP contribution in [0.4, 0.5) is 0 Å². The van der Waals surface area contributed by atoms with E-state index in [2.05, 4.69) is 75.8 Å². The molecule has 1 aliphatic carbocycles. The zero-order valence-corrected chi connectivity index (χ0v) is 17.4. The molecule has 0 aromatic heterocycles. The SMILES string of the molecule is O=C(CN1CCN(CCc2ccccc2)CC1)NCC1(c2ccccc2)CCC1. The normalized spacial score (nSPS) is 19.4. The van der Waals surface area contributed by atoms with Gasteiger partial charge in [-0.15, -0.1) is 0 Å². The van der Waals surface area contributed by atoms with Gasteiger partial charge < -0.3 is 10.2 Å². The maximum absolute atomic E-state index is 12.6. The van der Waals surface area contributed by atoms with Crippen LogP contribution in [0.2, 0.25) is 0 Å². The van der Waals surface area contributed by atoms with E-state index in [1.54, 1.807) is 0 Å². The van der Waals surface area contributed by atoms with E-state index in [1.165, 1.54) is 30.4 Å². The maximum Gasteiger partial charge on any atom is 0.234 e. The minimum absolute atomic E-state index is 0.160. The molecule has 29 heavy (non-hydrogen) atoms. The zero-order chi connectivity index (χ0) is 19.9. The summed E-state index contributed by atoms with van der Waals surface area (Å²) in [4.78, 5) is 17.4. The Hall–Kier alpha value is -2.17. The topological polar surface area (TPSA) is 35.6 Å². The molecular weight excluding hydrogens is 358 g/mol. The lowest BCUT2D eigenvalue weighted by Gasteiger charge is -2.43. The molecule has 4 nitrogen and oxygen atoms in total. The van der Waals surface area contributed by atoms with E-state index in [-0.39, 0.29) is 11.3 Å². The molecule has 1 saturated carbocycles. The highest BCUT2D eigenvalue weighted by Gasteiger charge is 2.38. The number of hydrogen-bond donors (Lipinski definition) is 1. The Morgan fingerprint density at radius 1 is 0.862 bits per heavy atom. The first-order valence-corrected chi connectivity index (χ1v) is 11.0. The van der Waals surface area contributed by atoms with Crippen LogP contribution in [0.25, 0.3) is 0 Å². The van der Waals surface area contributed by atoms with Gasteiger partial charge in [-0.25, -0.2) is 0 Å². The lowest BCUT2D eigenvalue weighted by Crippen LogP contribution is -2.51. The van der Waals surface area contributed by atoms with Crippen molar-refractivity contribution in [1.82, 2.24) is 15.1 Å². The summed E-state index contributed by atoms with van der Waals surface area (Å²) in [6.45, 7) is 6.45. The van der Waals surface area contributed by atoms with E-state index in [9.17, 15) is 4.79 Å². The van der Waals surface area contributed by atoms with Crippen LogP contribution in [0.5, 0.6) is 0 Å². The first kappa shape index (κ1) is 20.1. The third-order valence-electron chi connectivity index (χ3n) is 6.71. The van der Waals surface area contributed by atoms with Gasteiger partial charge in [0.1, 0.15) is 0 Å². The largest absolute Gasteiger partial charge is 0.354 e. The summed E-state index contributed by atoms with van der Waals surface area (Å²) in [5.74, 6) is 0.171. The van der Waals surface area contributed by atoms with Crippen molar-refractivity contribution >= 4 is 5.91 Å². The predicted octanol–water partition coefficient (Wildman–Crippen LogP) is 3.08. The Morgan fingerprint density at radius 2 is 1.48 bits per heavy atom. The smallest absolute Gasteiger partial charge is 0.234 e. The number of amides is 1. The van der Waals surface area contributed by atoms with Gasteiger partial charge in [-0.1, -0.05) is 67.1 Å². The molecule has 0 radical (unpaired) electrons. The van der Waals surface area contributed by atoms with E-state index < -0.39 is 0 Å². The second-order valence-electron chi connectivity index (χ2n) is 8.63. The number of rotatable bonds is 8. The van der Waals surface area contributed by atoms with Crippen molar-refractivity contribution in [3.63, 3.8) is 0 Å². The van der Waals surface area contributed by atoms with Crippen molar-refractivity contribution < 1.29 is 4.79 Å². The Bertz CT molecular complexity index is 765. The van der Waals surface area contributed by atoms with E-state index >= 15 is 0 Å². The van der Waals surface area contributed by atoms with Gasteiger partial charge in [0.15, 0.2) is 0 Å². The number of nitrogens with zero attached hydrogens (tertiary/aromatic N) is 2. The van der Waals surface area contributed by atoms with E-state index in [1.807, 2.05) is 0 Å². The molecule has 0 atom stereocenters. The highest BCUT2D eigenvalue weighted by molar-refractivity contribution is 5.78. The van der Waals surface area contributed by atoms with Crippen molar-refractivity contribution in [2.24, 2.45) is 0 Å². The molecule has 154 valence electrons. The molecule has 1 N–H and O–H groups in total. The van der Waals surface area contributed by atoms with Crippen LogP contribution in [-0.2, 0) is 16.6 Å². The molecule has 2 aromatic rings. The number of piperazine rings is 1. The highest BCUT2D eigenvalue weighted by Crippen LogP contribution is 2.43. The second-order valence-corrected chi connectivity index (χ2v) is 8.63. The molecule has 4 heteroatoms. The molecule has 1 saturated heterocycles. The van der Waals surface area contributed by atoms with Gasteiger partial charge in [0, 0.05) is 44.7 Å². The number of carbonyl (C=O) groups is 1. The van der Waals surface area contributed by atoms with Crippen LogP contribution in [-0.4, -0.2) is 61.5 Å². The van der Waals surface area contributed by atoms with Crippen molar-refractivity contribution in [3.8, 4) is 0 Å². The molecule has 1 amide bonds. The summed E-state index contributed by atoms with van der Waals surface area (Å²) in [5.41, 5.74) is 2.93. The molecule has 2 aliphatic rings. The summed E-state index contributed by atoms with van der Waals surface area (Å²) >= 11 is 0. The number of carbonyl (C=O) groups excluding carboxylic acids is 1. The van der Waals surface area contributed by atoms with E-state index in [0.717, 1.165) is 45.7 Å². The second kappa shape index (κ2) is 9.55. The van der Waals surface area contributed by atoms with Crippen LogP contribution in [0.1, 0.15) is 30.4 Å². The van der Waals surface area contributed by atoms with Gasteiger partial charge >= 0.3 is 0 Å². The van der Waals surface area contributed by atoms with Crippen LogP contribution in [0.15, 0.2) is 60.7 Å². The Labute approximate surface area is 174 Å². The fourth-order valence-electron chi connectivity index (χ4n) is 4.59. The minimum Gasteiger partial charge on any atom is -0.354 e. The molecule has 2 fully saturated rings. The van der Waals surface area contributed by atoms with Gasteiger partial charge in [-0.05, 0) is 30.4 Å². The summed E-state index contributed by atoms with van der Waals surface area (Å²) < 4.78 is 0. The maximum atomic E-state index is 12.6. The van der Waals surface area contributed by atoms with Gasteiger partial charge in [0.25, 0.3) is 0 Å².